The molecule has 0 bridgehead atoms. The average molecular weight is 384 g/mol. The summed E-state index contributed by atoms with van der Waals surface area (Å²) in [6.07, 6.45) is 0. The van der Waals surface area contributed by atoms with Gasteiger partial charge in [-0.2, -0.15) is 0 Å². The number of benzene rings is 2. The molecular formula is C20H20N2O6. The van der Waals surface area contributed by atoms with Crippen molar-refractivity contribution in [3.05, 3.63) is 48.0 Å². The van der Waals surface area contributed by atoms with E-state index in [0.717, 1.165) is 0 Å². The highest BCUT2D eigenvalue weighted by Gasteiger charge is 2.48. The van der Waals surface area contributed by atoms with Gasteiger partial charge in [-0.3, -0.25) is 9.59 Å². The van der Waals surface area contributed by atoms with Crippen LogP contribution in [0.25, 0.3) is 0 Å². The molecule has 1 aliphatic rings. The summed E-state index contributed by atoms with van der Waals surface area (Å²) in [5, 5.41) is 5.37. The van der Waals surface area contributed by atoms with Crippen LogP contribution >= 0.6 is 0 Å². The molecule has 8 heteroatoms. The zero-order valence-corrected chi connectivity index (χ0v) is 15.7. The summed E-state index contributed by atoms with van der Waals surface area (Å²) in [6, 6.07) is 11.5. The molecule has 1 atom stereocenters. The Bertz CT molecular complexity index is 942. The van der Waals surface area contributed by atoms with Crippen LogP contribution in [0.5, 0.6) is 11.5 Å². The van der Waals surface area contributed by atoms with Gasteiger partial charge in [-0.05, 0) is 44.2 Å². The number of fused-ring (bicyclic) bond motifs is 1. The number of amides is 2. The van der Waals surface area contributed by atoms with Crippen LogP contribution in [0.4, 0.5) is 11.4 Å². The van der Waals surface area contributed by atoms with Crippen molar-refractivity contribution in [3.8, 4) is 11.5 Å². The Kier molecular flexibility index (Phi) is 5.21. The quantitative estimate of drug-likeness (QED) is 0.607. The molecular weight excluding hydrogens is 364 g/mol. The van der Waals surface area contributed by atoms with Gasteiger partial charge in [-0.1, -0.05) is 6.07 Å². The molecule has 0 fully saturated rings. The molecule has 146 valence electrons. The summed E-state index contributed by atoms with van der Waals surface area (Å²) < 4.78 is 15.7. The van der Waals surface area contributed by atoms with E-state index in [0.29, 0.717) is 22.7 Å². The van der Waals surface area contributed by atoms with Crippen LogP contribution in [-0.4, -0.2) is 37.1 Å². The van der Waals surface area contributed by atoms with Crippen molar-refractivity contribution in [2.45, 2.75) is 19.4 Å². The van der Waals surface area contributed by atoms with Crippen LogP contribution in [0, 0.1) is 0 Å². The SMILES string of the molecule is CCOC(=O)[C@]1(C)Oc2cc(NC(=O)c3cccc(OC)c3)ccc2NC1=O. The Morgan fingerprint density at radius 3 is 2.71 bits per heavy atom. The maximum absolute atomic E-state index is 12.5. The van der Waals surface area contributed by atoms with Crippen molar-refractivity contribution in [1.29, 1.82) is 0 Å². The Morgan fingerprint density at radius 2 is 2.00 bits per heavy atom. The fourth-order valence-corrected chi connectivity index (χ4v) is 2.67. The van der Waals surface area contributed by atoms with Gasteiger partial charge in [0.15, 0.2) is 0 Å². The molecule has 28 heavy (non-hydrogen) atoms. The van der Waals surface area contributed by atoms with Crippen LogP contribution in [-0.2, 0) is 14.3 Å². The molecule has 2 amide bonds. The first-order chi connectivity index (χ1) is 13.4. The number of rotatable bonds is 5. The standard InChI is InChI=1S/C20H20N2O6/c1-4-27-19(25)20(2)18(24)22-15-9-8-13(11-16(15)28-20)21-17(23)12-6-5-7-14(10-12)26-3/h5-11H,4H2,1-3H3,(H,21,23)(H,22,24)/t20-/m1/s1. The molecule has 1 aliphatic heterocycles. The van der Waals surface area contributed by atoms with Crippen molar-refractivity contribution >= 4 is 29.2 Å². The van der Waals surface area contributed by atoms with Crippen LogP contribution < -0.4 is 20.1 Å². The maximum atomic E-state index is 12.5. The van der Waals surface area contributed by atoms with Crippen molar-refractivity contribution in [2.75, 3.05) is 24.4 Å². The number of anilines is 2. The van der Waals surface area contributed by atoms with Gasteiger partial charge in [0.2, 0.25) is 0 Å². The highest BCUT2D eigenvalue weighted by Crippen LogP contribution is 2.36. The molecule has 0 aliphatic carbocycles. The third-order valence-electron chi connectivity index (χ3n) is 4.23. The van der Waals surface area contributed by atoms with E-state index < -0.39 is 17.5 Å². The zero-order chi connectivity index (χ0) is 20.3. The van der Waals surface area contributed by atoms with Gasteiger partial charge in [0.05, 0.1) is 19.4 Å². The second-order valence-electron chi connectivity index (χ2n) is 6.21. The largest absolute Gasteiger partial charge is 0.497 e. The van der Waals surface area contributed by atoms with Gasteiger partial charge < -0.3 is 24.8 Å². The van der Waals surface area contributed by atoms with E-state index in [9.17, 15) is 14.4 Å². The number of hydrogen-bond donors (Lipinski definition) is 2. The van der Waals surface area contributed by atoms with Gasteiger partial charge >= 0.3 is 5.97 Å². The number of nitrogens with one attached hydrogen (secondary N) is 2. The summed E-state index contributed by atoms with van der Waals surface area (Å²) in [6.45, 7) is 3.10. The Balaban J connectivity index is 1.82. The second kappa shape index (κ2) is 7.59. The van der Waals surface area contributed by atoms with Gasteiger partial charge in [0, 0.05) is 17.3 Å². The van der Waals surface area contributed by atoms with Gasteiger partial charge in [-0.25, -0.2) is 4.79 Å². The van der Waals surface area contributed by atoms with E-state index in [1.54, 1.807) is 43.3 Å². The molecule has 3 rings (SSSR count). The summed E-state index contributed by atoms with van der Waals surface area (Å²) in [5.41, 5.74) is -0.555. The molecule has 0 saturated carbocycles. The first-order valence-corrected chi connectivity index (χ1v) is 8.64. The van der Waals surface area contributed by atoms with Crippen molar-refractivity contribution in [3.63, 3.8) is 0 Å². The van der Waals surface area contributed by atoms with Crippen molar-refractivity contribution in [2.24, 2.45) is 0 Å². The minimum atomic E-state index is -1.81. The predicted molar refractivity (Wildman–Crippen MR) is 102 cm³/mol. The Morgan fingerprint density at radius 1 is 1.21 bits per heavy atom. The molecule has 0 unspecified atom stereocenters. The van der Waals surface area contributed by atoms with Crippen LogP contribution in [0.15, 0.2) is 42.5 Å². The van der Waals surface area contributed by atoms with Gasteiger partial charge in [0.25, 0.3) is 17.4 Å². The lowest BCUT2D eigenvalue weighted by Crippen LogP contribution is -2.55. The van der Waals surface area contributed by atoms with Crippen LogP contribution in [0.3, 0.4) is 0 Å². The average Bonchev–Trinajstić information content (AvgIpc) is 2.69. The summed E-state index contributed by atoms with van der Waals surface area (Å²) in [5.74, 6) is -0.935. The number of methoxy groups -OCH3 is 1. The number of ether oxygens (including phenoxy) is 3. The van der Waals surface area contributed by atoms with Crippen LogP contribution in [0.1, 0.15) is 24.2 Å². The highest BCUT2D eigenvalue weighted by molar-refractivity contribution is 6.14. The third kappa shape index (κ3) is 3.62. The van der Waals surface area contributed by atoms with E-state index in [4.69, 9.17) is 14.2 Å². The first kappa shape index (κ1) is 19.2. The van der Waals surface area contributed by atoms with E-state index in [-0.39, 0.29) is 18.3 Å². The molecule has 0 aromatic heterocycles. The molecule has 1 heterocycles. The molecule has 0 spiro atoms. The fourth-order valence-electron chi connectivity index (χ4n) is 2.67. The van der Waals surface area contributed by atoms with Gasteiger partial charge in [0.1, 0.15) is 11.5 Å². The topological polar surface area (TPSA) is 103 Å². The van der Waals surface area contributed by atoms with E-state index >= 15 is 0 Å². The molecule has 8 nitrogen and oxygen atoms in total. The Hall–Kier alpha value is -3.55. The number of carbonyl (C=O) groups is 3. The lowest BCUT2D eigenvalue weighted by atomic mass is 10.0. The summed E-state index contributed by atoms with van der Waals surface area (Å²) >= 11 is 0. The lowest BCUT2D eigenvalue weighted by Gasteiger charge is -2.32. The Labute approximate surface area is 161 Å². The number of hydrogen-bond acceptors (Lipinski definition) is 6. The minimum absolute atomic E-state index is 0.120. The number of carbonyl (C=O) groups excluding carboxylic acids is 3. The fraction of sp³-hybridized carbons (Fsp3) is 0.250. The minimum Gasteiger partial charge on any atom is -0.497 e. The predicted octanol–water partition coefficient (Wildman–Crippen LogP) is 2.60. The molecule has 0 radical (unpaired) electrons. The van der Waals surface area contributed by atoms with Crippen molar-refractivity contribution < 1.29 is 28.6 Å². The van der Waals surface area contributed by atoms with Crippen LogP contribution in [0.2, 0.25) is 0 Å². The van der Waals surface area contributed by atoms with Crippen molar-refractivity contribution in [1.82, 2.24) is 0 Å². The van der Waals surface area contributed by atoms with E-state index in [2.05, 4.69) is 10.6 Å². The first-order valence-electron chi connectivity index (χ1n) is 8.64. The maximum Gasteiger partial charge on any atom is 0.360 e. The molecule has 2 aromatic carbocycles. The summed E-state index contributed by atoms with van der Waals surface area (Å²) in [4.78, 5) is 36.9. The smallest absolute Gasteiger partial charge is 0.360 e. The third-order valence-corrected chi connectivity index (χ3v) is 4.23. The molecule has 2 aromatic rings. The molecule has 2 N–H and O–H groups in total. The normalized spacial score (nSPS) is 17.6. The lowest BCUT2D eigenvalue weighted by molar-refractivity contribution is -0.165. The zero-order valence-electron chi connectivity index (χ0n) is 15.7. The number of esters is 1. The second-order valence-corrected chi connectivity index (χ2v) is 6.21. The van der Waals surface area contributed by atoms with E-state index in [1.807, 2.05) is 0 Å². The monoisotopic (exact) mass is 384 g/mol. The van der Waals surface area contributed by atoms with Gasteiger partial charge in [-0.15, -0.1) is 0 Å². The summed E-state index contributed by atoms with van der Waals surface area (Å²) in [7, 11) is 1.52. The van der Waals surface area contributed by atoms with E-state index in [1.165, 1.54) is 20.1 Å². The highest BCUT2D eigenvalue weighted by atomic mass is 16.6. The molecule has 0 saturated heterocycles.